The number of esters is 1. The lowest BCUT2D eigenvalue weighted by atomic mass is 9.97. The van der Waals surface area contributed by atoms with Crippen molar-refractivity contribution in [2.75, 3.05) is 40.3 Å². The van der Waals surface area contributed by atoms with Gasteiger partial charge in [0.15, 0.2) is 5.96 Å². The molecule has 1 aromatic carbocycles. The molecular formula is C21H32N4O2. The number of piperidine rings is 1. The average Bonchev–Trinajstić information content (AvgIpc) is 3.16. The second kappa shape index (κ2) is 9.74. The maximum atomic E-state index is 11.7. The van der Waals surface area contributed by atoms with E-state index in [9.17, 15) is 4.79 Å². The molecule has 1 atom stereocenters. The first-order valence-corrected chi connectivity index (χ1v) is 10.0. The van der Waals surface area contributed by atoms with Crippen LogP contribution in [-0.2, 0) is 16.1 Å². The van der Waals surface area contributed by atoms with Gasteiger partial charge in [-0.3, -0.25) is 14.7 Å². The van der Waals surface area contributed by atoms with Gasteiger partial charge in [0, 0.05) is 39.3 Å². The molecule has 2 fully saturated rings. The number of hydrogen-bond acceptors (Lipinski definition) is 4. The van der Waals surface area contributed by atoms with Crippen molar-refractivity contribution >= 4 is 11.9 Å². The van der Waals surface area contributed by atoms with Crippen LogP contribution in [0.2, 0.25) is 0 Å². The molecular weight excluding hydrogens is 340 g/mol. The number of aliphatic imine (C=N–C) groups is 1. The van der Waals surface area contributed by atoms with Crippen LogP contribution in [0, 0.1) is 5.92 Å². The van der Waals surface area contributed by atoms with Crippen molar-refractivity contribution in [3.8, 4) is 0 Å². The number of hydrogen-bond donors (Lipinski definition) is 1. The minimum absolute atomic E-state index is 0.0283. The fourth-order valence-corrected chi connectivity index (χ4v) is 4.19. The van der Waals surface area contributed by atoms with Crippen LogP contribution in [0.4, 0.5) is 0 Å². The number of likely N-dealkylation sites (tertiary alicyclic amines) is 2. The Kier molecular flexibility index (Phi) is 7.10. The number of nitrogens with zero attached hydrogens (tertiary/aromatic N) is 3. The smallest absolute Gasteiger partial charge is 0.308 e. The predicted molar refractivity (Wildman–Crippen MR) is 108 cm³/mol. The summed E-state index contributed by atoms with van der Waals surface area (Å²) in [7, 11) is 3.31. The molecule has 6 heteroatoms. The van der Waals surface area contributed by atoms with Crippen LogP contribution < -0.4 is 5.32 Å². The second-order valence-electron chi connectivity index (χ2n) is 7.46. The van der Waals surface area contributed by atoms with Crippen LogP contribution >= 0.6 is 0 Å². The summed E-state index contributed by atoms with van der Waals surface area (Å²) in [6, 6.07) is 11.2. The Morgan fingerprint density at radius 2 is 1.93 bits per heavy atom. The van der Waals surface area contributed by atoms with Gasteiger partial charge in [-0.15, -0.1) is 0 Å². The summed E-state index contributed by atoms with van der Waals surface area (Å²) in [6.07, 6.45) is 4.14. The van der Waals surface area contributed by atoms with Crippen LogP contribution in [0.25, 0.3) is 0 Å². The molecule has 1 unspecified atom stereocenters. The van der Waals surface area contributed by atoms with E-state index in [0.29, 0.717) is 6.04 Å². The molecule has 2 saturated heterocycles. The minimum Gasteiger partial charge on any atom is -0.469 e. The number of rotatable bonds is 5. The standard InChI is InChI=1S/C21H32N4O2/c1-22-21(24-13-10-18(11-14-24)20(26)27-2)23-15-19-9-6-12-25(19)16-17-7-4-3-5-8-17/h3-5,7-8,18-19H,6,9-16H2,1-2H3,(H,22,23). The summed E-state index contributed by atoms with van der Waals surface area (Å²) in [6.45, 7) is 4.77. The van der Waals surface area contributed by atoms with Crippen molar-refractivity contribution in [1.82, 2.24) is 15.1 Å². The molecule has 27 heavy (non-hydrogen) atoms. The Morgan fingerprint density at radius 1 is 1.19 bits per heavy atom. The lowest BCUT2D eigenvalue weighted by molar-refractivity contribution is -0.146. The maximum absolute atomic E-state index is 11.7. The van der Waals surface area contributed by atoms with E-state index in [0.717, 1.165) is 51.5 Å². The number of carbonyl (C=O) groups is 1. The Morgan fingerprint density at radius 3 is 2.59 bits per heavy atom. The number of carbonyl (C=O) groups excluding carboxylic acids is 1. The first kappa shape index (κ1) is 19.7. The first-order chi connectivity index (χ1) is 13.2. The van der Waals surface area contributed by atoms with Gasteiger partial charge < -0.3 is 15.0 Å². The zero-order valence-electron chi connectivity index (χ0n) is 16.6. The fraction of sp³-hybridized carbons (Fsp3) is 0.619. The summed E-state index contributed by atoms with van der Waals surface area (Å²) in [4.78, 5) is 21.0. The zero-order chi connectivity index (χ0) is 19.1. The van der Waals surface area contributed by atoms with Crippen LogP contribution in [0.5, 0.6) is 0 Å². The Hall–Kier alpha value is -2.08. The summed E-state index contributed by atoms with van der Waals surface area (Å²) >= 11 is 0. The molecule has 0 radical (unpaired) electrons. The fourth-order valence-electron chi connectivity index (χ4n) is 4.19. The maximum Gasteiger partial charge on any atom is 0.308 e. The summed E-state index contributed by atoms with van der Waals surface area (Å²) in [5.74, 6) is 0.894. The Bertz CT molecular complexity index is 626. The van der Waals surface area contributed by atoms with Crippen molar-refractivity contribution in [3.05, 3.63) is 35.9 Å². The molecule has 148 valence electrons. The molecule has 3 rings (SSSR count). The van der Waals surface area contributed by atoms with E-state index in [-0.39, 0.29) is 11.9 Å². The molecule has 1 aromatic rings. The molecule has 2 heterocycles. The second-order valence-corrected chi connectivity index (χ2v) is 7.46. The van der Waals surface area contributed by atoms with E-state index in [1.54, 1.807) is 0 Å². The lowest BCUT2D eigenvalue weighted by Gasteiger charge is -2.34. The van der Waals surface area contributed by atoms with E-state index < -0.39 is 0 Å². The molecule has 6 nitrogen and oxygen atoms in total. The molecule has 0 spiro atoms. The van der Waals surface area contributed by atoms with Crippen molar-refractivity contribution in [2.45, 2.75) is 38.3 Å². The van der Waals surface area contributed by atoms with E-state index in [1.165, 1.54) is 25.5 Å². The normalized spacial score (nSPS) is 22.1. The summed E-state index contributed by atoms with van der Waals surface area (Å²) in [5.41, 5.74) is 1.37. The summed E-state index contributed by atoms with van der Waals surface area (Å²) in [5, 5.41) is 3.57. The number of guanidine groups is 1. The number of benzene rings is 1. The molecule has 1 N–H and O–H groups in total. The van der Waals surface area contributed by atoms with E-state index in [4.69, 9.17) is 4.74 Å². The van der Waals surface area contributed by atoms with Crippen molar-refractivity contribution in [1.29, 1.82) is 0 Å². The zero-order valence-corrected chi connectivity index (χ0v) is 16.6. The van der Waals surface area contributed by atoms with Gasteiger partial charge in [-0.2, -0.15) is 0 Å². The van der Waals surface area contributed by atoms with Crippen LogP contribution in [-0.4, -0.2) is 68.1 Å². The van der Waals surface area contributed by atoms with Crippen LogP contribution in [0.3, 0.4) is 0 Å². The highest BCUT2D eigenvalue weighted by Crippen LogP contribution is 2.21. The highest BCUT2D eigenvalue weighted by atomic mass is 16.5. The van der Waals surface area contributed by atoms with Gasteiger partial charge in [0.1, 0.15) is 0 Å². The van der Waals surface area contributed by atoms with Gasteiger partial charge in [0.05, 0.1) is 13.0 Å². The van der Waals surface area contributed by atoms with Crippen molar-refractivity contribution in [3.63, 3.8) is 0 Å². The predicted octanol–water partition coefficient (Wildman–Crippen LogP) is 2.11. The molecule has 0 bridgehead atoms. The van der Waals surface area contributed by atoms with Gasteiger partial charge >= 0.3 is 5.97 Å². The largest absolute Gasteiger partial charge is 0.469 e. The number of methoxy groups -OCH3 is 1. The SMILES string of the molecule is CN=C(NCC1CCCN1Cc1ccccc1)N1CCC(C(=O)OC)CC1. The van der Waals surface area contributed by atoms with Crippen LogP contribution in [0.1, 0.15) is 31.2 Å². The molecule has 0 amide bonds. The van der Waals surface area contributed by atoms with Crippen LogP contribution in [0.15, 0.2) is 35.3 Å². The molecule has 0 aliphatic carbocycles. The first-order valence-electron chi connectivity index (χ1n) is 10.0. The minimum atomic E-state index is -0.0832. The van der Waals surface area contributed by atoms with Gasteiger partial charge in [-0.25, -0.2) is 0 Å². The third-order valence-electron chi connectivity index (χ3n) is 5.76. The number of nitrogens with one attached hydrogen (secondary N) is 1. The molecule has 2 aliphatic rings. The topological polar surface area (TPSA) is 57.2 Å². The monoisotopic (exact) mass is 372 g/mol. The van der Waals surface area contributed by atoms with Gasteiger partial charge in [0.2, 0.25) is 0 Å². The molecule has 2 aliphatic heterocycles. The quantitative estimate of drug-likeness (QED) is 0.487. The third-order valence-corrected chi connectivity index (χ3v) is 5.76. The Balaban J connectivity index is 1.48. The highest BCUT2D eigenvalue weighted by molar-refractivity contribution is 5.80. The van der Waals surface area contributed by atoms with Crippen molar-refractivity contribution in [2.24, 2.45) is 10.9 Å². The van der Waals surface area contributed by atoms with Gasteiger partial charge in [-0.1, -0.05) is 30.3 Å². The van der Waals surface area contributed by atoms with E-state index in [2.05, 4.69) is 50.4 Å². The third kappa shape index (κ3) is 5.22. The highest BCUT2D eigenvalue weighted by Gasteiger charge is 2.28. The van der Waals surface area contributed by atoms with Crippen molar-refractivity contribution < 1.29 is 9.53 Å². The number of ether oxygens (including phenoxy) is 1. The molecule has 0 saturated carbocycles. The summed E-state index contributed by atoms with van der Waals surface area (Å²) < 4.78 is 4.88. The average molecular weight is 373 g/mol. The Labute approximate surface area is 162 Å². The van der Waals surface area contributed by atoms with E-state index >= 15 is 0 Å². The molecule has 0 aromatic heterocycles. The lowest BCUT2D eigenvalue weighted by Crippen LogP contribution is -2.49. The van der Waals surface area contributed by atoms with Gasteiger partial charge in [-0.05, 0) is 37.8 Å². The van der Waals surface area contributed by atoms with Gasteiger partial charge in [0.25, 0.3) is 0 Å². The van der Waals surface area contributed by atoms with E-state index in [1.807, 2.05) is 7.05 Å².